The van der Waals surface area contributed by atoms with Crippen molar-refractivity contribution in [2.45, 2.75) is 32.5 Å². The summed E-state index contributed by atoms with van der Waals surface area (Å²) in [6.45, 7) is 4.38. The van der Waals surface area contributed by atoms with Crippen molar-refractivity contribution in [2.75, 3.05) is 13.1 Å². The van der Waals surface area contributed by atoms with Crippen molar-refractivity contribution in [3.05, 3.63) is 0 Å². The molecule has 1 saturated heterocycles. The first-order valence-corrected chi connectivity index (χ1v) is 4.74. The number of nitrogens with zero attached hydrogens (tertiary/aromatic N) is 1. The fourth-order valence-electron chi connectivity index (χ4n) is 1.31. The third kappa shape index (κ3) is 2.82. The van der Waals surface area contributed by atoms with Crippen molar-refractivity contribution in [2.24, 2.45) is 11.7 Å². The normalized spacial score (nSPS) is 20.7. The molecule has 0 spiro atoms. The van der Waals surface area contributed by atoms with E-state index < -0.39 is 12.2 Å². The van der Waals surface area contributed by atoms with E-state index in [9.17, 15) is 9.18 Å². The number of nitrogens with two attached hydrogens (primary N) is 1. The molecule has 1 rings (SSSR count). The second-order valence-electron chi connectivity index (χ2n) is 3.75. The number of rotatable bonds is 3. The smallest absolute Gasteiger partial charge is 0.239 e. The van der Waals surface area contributed by atoms with Crippen LogP contribution >= 0.6 is 12.4 Å². The van der Waals surface area contributed by atoms with Crippen LogP contribution in [0, 0.1) is 5.92 Å². The van der Waals surface area contributed by atoms with Crippen LogP contribution in [0.3, 0.4) is 0 Å². The Labute approximate surface area is 90.2 Å². The molecule has 3 nitrogen and oxygen atoms in total. The van der Waals surface area contributed by atoms with Crippen LogP contribution in [0.1, 0.15) is 20.3 Å². The first-order valence-electron chi connectivity index (χ1n) is 4.74. The van der Waals surface area contributed by atoms with Crippen molar-refractivity contribution >= 4 is 18.3 Å². The Morgan fingerprint density at radius 3 is 2.50 bits per heavy atom. The van der Waals surface area contributed by atoms with Gasteiger partial charge < -0.3 is 10.6 Å². The Morgan fingerprint density at radius 1 is 1.64 bits per heavy atom. The summed E-state index contributed by atoms with van der Waals surface area (Å²) >= 11 is 0. The summed E-state index contributed by atoms with van der Waals surface area (Å²) in [7, 11) is 0. The molecule has 0 radical (unpaired) electrons. The average molecular weight is 225 g/mol. The number of hydrogen-bond donors (Lipinski definition) is 1. The molecule has 0 saturated carbocycles. The Morgan fingerprint density at radius 2 is 2.14 bits per heavy atom. The van der Waals surface area contributed by atoms with E-state index in [1.54, 1.807) is 0 Å². The summed E-state index contributed by atoms with van der Waals surface area (Å²) in [5.41, 5.74) is 5.71. The quantitative estimate of drug-likeness (QED) is 0.777. The molecule has 0 aromatic rings. The molecule has 0 unspecified atom stereocenters. The number of alkyl halides is 1. The summed E-state index contributed by atoms with van der Waals surface area (Å²) in [6.07, 6.45) is 0.0351. The highest BCUT2D eigenvalue weighted by Crippen LogP contribution is 2.15. The van der Waals surface area contributed by atoms with Gasteiger partial charge in [0.25, 0.3) is 0 Å². The molecule has 1 heterocycles. The fraction of sp³-hybridized carbons (Fsp3) is 0.889. The van der Waals surface area contributed by atoms with Crippen LogP contribution in [-0.4, -0.2) is 36.1 Å². The standard InChI is InChI=1S/C9H17FN2O.ClH/c1-3-6(2)8(11)9(13)12-4-7(10)5-12;/h6-8H,3-5,11H2,1-2H3;1H/t6-,8+;/m1./s1. The molecular weight excluding hydrogens is 207 g/mol. The molecule has 0 aromatic carbocycles. The van der Waals surface area contributed by atoms with Gasteiger partial charge in [-0.3, -0.25) is 4.79 Å². The lowest BCUT2D eigenvalue weighted by atomic mass is 9.97. The molecule has 2 atom stereocenters. The Kier molecular flexibility index (Phi) is 5.37. The lowest BCUT2D eigenvalue weighted by Gasteiger charge is -2.37. The monoisotopic (exact) mass is 224 g/mol. The van der Waals surface area contributed by atoms with Crippen LogP contribution in [-0.2, 0) is 4.79 Å². The van der Waals surface area contributed by atoms with E-state index in [1.165, 1.54) is 4.90 Å². The summed E-state index contributed by atoms with van der Waals surface area (Å²) in [5, 5.41) is 0. The zero-order chi connectivity index (χ0) is 10.0. The van der Waals surface area contributed by atoms with Gasteiger partial charge in [-0.05, 0) is 5.92 Å². The number of carbonyl (C=O) groups is 1. The van der Waals surface area contributed by atoms with Gasteiger partial charge in [0.1, 0.15) is 6.17 Å². The van der Waals surface area contributed by atoms with Gasteiger partial charge in [0.2, 0.25) is 5.91 Å². The van der Waals surface area contributed by atoms with Crippen molar-refractivity contribution in [1.82, 2.24) is 4.90 Å². The number of likely N-dealkylation sites (tertiary alicyclic amines) is 1. The van der Waals surface area contributed by atoms with E-state index in [0.717, 1.165) is 6.42 Å². The van der Waals surface area contributed by atoms with Crippen LogP contribution < -0.4 is 5.73 Å². The van der Waals surface area contributed by atoms with Gasteiger partial charge in [-0.1, -0.05) is 20.3 Å². The minimum atomic E-state index is -0.840. The lowest BCUT2D eigenvalue weighted by molar-refractivity contribution is -0.140. The summed E-state index contributed by atoms with van der Waals surface area (Å²) in [4.78, 5) is 13.0. The minimum Gasteiger partial charge on any atom is -0.335 e. The van der Waals surface area contributed by atoms with Crippen molar-refractivity contribution in [3.63, 3.8) is 0 Å². The van der Waals surface area contributed by atoms with Crippen LogP contribution in [0.5, 0.6) is 0 Å². The number of hydrogen-bond acceptors (Lipinski definition) is 2. The molecule has 84 valence electrons. The fourth-order valence-corrected chi connectivity index (χ4v) is 1.31. The molecule has 0 aromatic heterocycles. The van der Waals surface area contributed by atoms with Gasteiger partial charge in [-0.15, -0.1) is 12.4 Å². The number of halogens is 2. The highest BCUT2D eigenvalue weighted by molar-refractivity contribution is 5.85. The van der Waals surface area contributed by atoms with Crippen molar-refractivity contribution < 1.29 is 9.18 Å². The predicted octanol–water partition coefficient (Wildman–Crippen LogP) is 0.962. The summed E-state index contributed by atoms with van der Waals surface area (Å²) < 4.78 is 12.4. The first kappa shape index (κ1) is 13.7. The number of amides is 1. The maximum absolute atomic E-state index is 12.4. The molecule has 1 aliphatic heterocycles. The highest BCUT2D eigenvalue weighted by atomic mass is 35.5. The van der Waals surface area contributed by atoms with Gasteiger partial charge in [-0.2, -0.15) is 0 Å². The van der Waals surface area contributed by atoms with Gasteiger partial charge in [0.05, 0.1) is 19.1 Å². The summed E-state index contributed by atoms with van der Waals surface area (Å²) in [6, 6.07) is -0.461. The molecule has 0 aliphatic carbocycles. The van der Waals surface area contributed by atoms with Gasteiger partial charge in [-0.25, -0.2) is 4.39 Å². The average Bonchev–Trinajstić information content (AvgIpc) is 2.09. The Bertz CT molecular complexity index is 197. The van der Waals surface area contributed by atoms with Crippen LogP contribution in [0.4, 0.5) is 4.39 Å². The summed E-state index contributed by atoms with van der Waals surface area (Å²) in [5.74, 6) is 0.0643. The second-order valence-corrected chi connectivity index (χ2v) is 3.75. The molecular formula is C9H18ClFN2O. The topological polar surface area (TPSA) is 46.3 Å². The SMILES string of the molecule is CC[C@@H](C)[C@H](N)C(=O)N1CC(F)C1.Cl. The highest BCUT2D eigenvalue weighted by Gasteiger charge is 2.34. The zero-order valence-corrected chi connectivity index (χ0v) is 9.39. The van der Waals surface area contributed by atoms with E-state index in [2.05, 4.69) is 0 Å². The maximum Gasteiger partial charge on any atom is 0.239 e. The van der Waals surface area contributed by atoms with E-state index in [-0.39, 0.29) is 37.3 Å². The van der Waals surface area contributed by atoms with E-state index in [4.69, 9.17) is 5.73 Å². The third-order valence-corrected chi connectivity index (χ3v) is 2.69. The van der Waals surface area contributed by atoms with Gasteiger partial charge in [0, 0.05) is 0 Å². The Balaban J connectivity index is 0.00000169. The van der Waals surface area contributed by atoms with Crippen LogP contribution in [0.2, 0.25) is 0 Å². The van der Waals surface area contributed by atoms with Gasteiger partial charge >= 0.3 is 0 Å². The van der Waals surface area contributed by atoms with Gasteiger partial charge in [0.15, 0.2) is 0 Å². The minimum absolute atomic E-state index is 0. The van der Waals surface area contributed by atoms with E-state index in [0.29, 0.717) is 0 Å². The van der Waals surface area contributed by atoms with E-state index >= 15 is 0 Å². The zero-order valence-electron chi connectivity index (χ0n) is 8.57. The molecule has 2 N–H and O–H groups in total. The Hall–Kier alpha value is -0.350. The predicted molar refractivity (Wildman–Crippen MR) is 56.2 cm³/mol. The molecule has 1 fully saturated rings. The van der Waals surface area contributed by atoms with E-state index in [1.807, 2.05) is 13.8 Å². The molecule has 0 bridgehead atoms. The maximum atomic E-state index is 12.4. The van der Waals surface area contributed by atoms with Crippen LogP contribution in [0.25, 0.3) is 0 Å². The lowest BCUT2D eigenvalue weighted by Crippen LogP contribution is -2.57. The second kappa shape index (κ2) is 5.51. The molecule has 1 amide bonds. The third-order valence-electron chi connectivity index (χ3n) is 2.69. The van der Waals surface area contributed by atoms with Crippen LogP contribution in [0.15, 0.2) is 0 Å². The molecule has 1 aliphatic rings. The molecule has 14 heavy (non-hydrogen) atoms. The molecule has 5 heteroatoms. The van der Waals surface area contributed by atoms with Crippen molar-refractivity contribution in [1.29, 1.82) is 0 Å². The largest absolute Gasteiger partial charge is 0.335 e. The van der Waals surface area contributed by atoms with Crippen molar-refractivity contribution in [3.8, 4) is 0 Å². The first-order chi connectivity index (χ1) is 6.06. The number of carbonyl (C=O) groups excluding carboxylic acids is 1.